The average Bonchev–Trinajstić information content (AvgIpc) is 2.60. The van der Waals surface area contributed by atoms with Gasteiger partial charge in [0.05, 0.1) is 23.0 Å². The summed E-state index contributed by atoms with van der Waals surface area (Å²) in [4.78, 5) is 25.4. The van der Waals surface area contributed by atoms with Crippen molar-refractivity contribution in [2.24, 2.45) is 11.3 Å². The Morgan fingerprint density at radius 3 is 2.54 bits per heavy atom. The first-order valence-corrected chi connectivity index (χ1v) is 10.4. The zero-order valence-electron chi connectivity index (χ0n) is 14.8. The van der Waals surface area contributed by atoms with Gasteiger partial charge in [-0.05, 0) is 44.7 Å². The largest absolute Gasteiger partial charge is 0.393 e. The Morgan fingerprint density at radius 2 is 1.88 bits per heavy atom. The monoisotopic (exact) mass is 380 g/mol. The number of rotatable bonds is 4. The number of carbonyl (C=O) groups excluding carboxylic acids is 2. The molecule has 2 saturated carbocycles. The number of hydrogen-bond acceptors (Lipinski definition) is 6. The van der Waals surface area contributed by atoms with E-state index in [0.29, 0.717) is 12.8 Å². The van der Waals surface area contributed by atoms with Gasteiger partial charge in [-0.3, -0.25) is 13.8 Å². The summed E-state index contributed by atoms with van der Waals surface area (Å²) < 4.78 is 29.8. The van der Waals surface area contributed by atoms with Crippen LogP contribution < -0.4 is 0 Å². The van der Waals surface area contributed by atoms with Gasteiger partial charge in [0.25, 0.3) is 10.1 Å². The van der Waals surface area contributed by atoms with Crippen molar-refractivity contribution < 1.29 is 27.3 Å². The van der Waals surface area contributed by atoms with E-state index >= 15 is 0 Å². The maximum absolute atomic E-state index is 12.9. The fourth-order valence-electron chi connectivity index (χ4n) is 4.07. The van der Waals surface area contributed by atoms with Crippen molar-refractivity contribution in [1.29, 1.82) is 0 Å². The highest BCUT2D eigenvalue weighted by Crippen LogP contribution is 2.45. The summed E-state index contributed by atoms with van der Waals surface area (Å²) in [5, 5.41) is 10.2. The van der Waals surface area contributed by atoms with E-state index in [9.17, 15) is 23.1 Å². The van der Waals surface area contributed by atoms with Crippen LogP contribution in [0.3, 0.4) is 0 Å². The number of aryl methyl sites for hydroxylation is 1. The molecule has 6 nitrogen and oxygen atoms in total. The molecule has 0 aliphatic heterocycles. The highest BCUT2D eigenvalue weighted by molar-refractivity contribution is 7.86. The Labute approximate surface area is 153 Å². The van der Waals surface area contributed by atoms with Crippen LogP contribution in [0.4, 0.5) is 0 Å². The lowest BCUT2D eigenvalue weighted by Crippen LogP contribution is -2.52. The fraction of sp³-hybridized carbons (Fsp3) is 0.579. The lowest BCUT2D eigenvalue weighted by atomic mass is 9.60. The van der Waals surface area contributed by atoms with Gasteiger partial charge in [-0.2, -0.15) is 8.42 Å². The molecular weight excluding hydrogens is 356 g/mol. The topological polar surface area (TPSA) is 97.7 Å². The van der Waals surface area contributed by atoms with Crippen molar-refractivity contribution in [3.05, 3.63) is 29.8 Å². The van der Waals surface area contributed by atoms with E-state index in [-0.39, 0.29) is 35.9 Å². The van der Waals surface area contributed by atoms with Gasteiger partial charge >= 0.3 is 0 Å². The maximum Gasteiger partial charge on any atom is 0.296 e. The van der Waals surface area contributed by atoms with Crippen LogP contribution in [0, 0.1) is 18.3 Å². The van der Waals surface area contributed by atoms with Crippen LogP contribution in [0.5, 0.6) is 0 Å². The minimum atomic E-state index is -3.99. The molecule has 0 bridgehead atoms. The highest BCUT2D eigenvalue weighted by Gasteiger charge is 2.53. The van der Waals surface area contributed by atoms with Gasteiger partial charge in [0.15, 0.2) is 5.78 Å². The third-order valence-corrected chi connectivity index (χ3v) is 6.80. The van der Waals surface area contributed by atoms with Crippen LogP contribution in [0.2, 0.25) is 0 Å². The van der Waals surface area contributed by atoms with Crippen molar-refractivity contribution in [3.63, 3.8) is 0 Å². The molecule has 1 spiro atoms. The summed E-state index contributed by atoms with van der Waals surface area (Å²) >= 11 is 0. The Balaban J connectivity index is 1.75. The molecule has 0 aromatic heterocycles. The summed E-state index contributed by atoms with van der Waals surface area (Å²) in [6.45, 7) is 1.50. The first-order valence-electron chi connectivity index (χ1n) is 8.96. The second-order valence-corrected chi connectivity index (χ2v) is 9.03. The molecule has 2 aliphatic carbocycles. The molecule has 1 aromatic carbocycles. The van der Waals surface area contributed by atoms with E-state index < -0.39 is 27.6 Å². The Hall–Kier alpha value is -1.57. The molecule has 0 radical (unpaired) electrons. The van der Waals surface area contributed by atoms with Gasteiger partial charge in [0.2, 0.25) is 0 Å². The Kier molecular flexibility index (Phi) is 5.33. The van der Waals surface area contributed by atoms with E-state index in [1.165, 1.54) is 12.1 Å². The van der Waals surface area contributed by atoms with Crippen LogP contribution >= 0.6 is 0 Å². The van der Waals surface area contributed by atoms with Gasteiger partial charge in [-0.1, -0.05) is 24.1 Å². The third-order valence-electron chi connectivity index (χ3n) is 5.51. The summed E-state index contributed by atoms with van der Waals surface area (Å²) in [6.07, 6.45) is 1.76. The number of benzene rings is 1. The maximum atomic E-state index is 12.9. The minimum Gasteiger partial charge on any atom is -0.393 e. The molecule has 0 heterocycles. The van der Waals surface area contributed by atoms with Crippen molar-refractivity contribution in [3.8, 4) is 0 Å². The lowest BCUT2D eigenvalue weighted by molar-refractivity contribution is -0.154. The van der Waals surface area contributed by atoms with Gasteiger partial charge < -0.3 is 5.11 Å². The van der Waals surface area contributed by atoms with Crippen LogP contribution in [0.25, 0.3) is 0 Å². The normalized spacial score (nSPS) is 29.9. The summed E-state index contributed by atoms with van der Waals surface area (Å²) in [5.74, 6) is -1.19. The molecule has 1 aromatic rings. The lowest BCUT2D eigenvalue weighted by Gasteiger charge is -2.42. The molecule has 7 heteroatoms. The third kappa shape index (κ3) is 3.61. The highest BCUT2D eigenvalue weighted by atomic mass is 32.2. The van der Waals surface area contributed by atoms with Gasteiger partial charge in [0.1, 0.15) is 5.78 Å². The molecule has 2 fully saturated rings. The second kappa shape index (κ2) is 7.21. The summed E-state index contributed by atoms with van der Waals surface area (Å²) in [6, 6.07) is 6.24. The number of carbonyl (C=O) groups is 2. The first-order chi connectivity index (χ1) is 12.2. The summed E-state index contributed by atoms with van der Waals surface area (Å²) in [5.41, 5.74) is -0.232. The first kappa shape index (κ1) is 19.2. The predicted octanol–water partition coefficient (Wildman–Crippen LogP) is 2.17. The SMILES string of the molecule is Cc1ccc(S(=O)(=O)OCC2CC(O)CC3(CCCCC3=O)C2=O)cc1. The van der Waals surface area contributed by atoms with Crippen LogP contribution in [0.1, 0.15) is 44.1 Å². The molecule has 142 valence electrons. The van der Waals surface area contributed by atoms with Crippen LogP contribution in [0.15, 0.2) is 29.2 Å². The van der Waals surface area contributed by atoms with E-state index in [2.05, 4.69) is 0 Å². The zero-order chi connectivity index (χ0) is 18.9. The van der Waals surface area contributed by atoms with Crippen molar-refractivity contribution >= 4 is 21.7 Å². The average molecular weight is 380 g/mol. The molecular formula is C19H24O6S. The van der Waals surface area contributed by atoms with Crippen LogP contribution in [-0.2, 0) is 23.9 Å². The number of hydrogen-bond donors (Lipinski definition) is 1. The fourth-order valence-corrected chi connectivity index (χ4v) is 5.02. The Bertz CT molecular complexity index is 798. The smallest absolute Gasteiger partial charge is 0.296 e. The van der Waals surface area contributed by atoms with Crippen molar-refractivity contribution in [1.82, 2.24) is 0 Å². The van der Waals surface area contributed by atoms with E-state index in [4.69, 9.17) is 4.18 Å². The molecule has 0 amide bonds. The summed E-state index contributed by atoms with van der Waals surface area (Å²) in [7, 11) is -3.99. The second-order valence-electron chi connectivity index (χ2n) is 7.42. The van der Waals surface area contributed by atoms with Gasteiger partial charge in [-0.15, -0.1) is 0 Å². The molecule has 2 aliphatic rings. The van der Waals surface area contributed by atoms with E-state index in [1.54, 1.807) is 12.1 Å². The molecule has 3 rings (SSSR count). The van der Waals surface area contributed by atoms with E-state index in [0.717, 1.165) is 18.4 Å². The molecule has 1 N–H and O–H groups in total. The van der Waals surface area contributed by atoms with E-state index in [1.807, 2.05) is 6.92 Å². The molecule has 3 atom stereocenters. The number of ketones is 2. The van der Waals surface area contributed by atoms with Crippen molar-refractivity contribution in [2.45, 2.75) is 56.4 Å². The predicted molar refractivity (Wildman–Crippen MR) is 94.0 cm³/mol. The number of aliphatic hydroxyl groups excluding tert-OH is 1. The minimum absolute atomic E-state index is 0.0235. The number of aliphatic hydroxyl groups is 1. The standard InChI is InChI=1S/C19H24O6S/c1-13-5-7-16(8-6-13)26(23,24)25-12-14-10-15(20)11-19(18(14)22)9-3-2-4-17(19)21/h5-8,14-15,20H,2-4,9-12H2,1H3. The zero-order valence-corrected chi connectivity index (χ0v) is 15.6. The van der Waals surface area contributed by atoms with Crippen LogP contribution in [-0.4, -0.2) is 37.8 Å². The molecule has 26 heavy (non-hydrogen) atoms. The quantitative estimate of drug-likeness (QED) is 0.635. The number of Topliss-reactive ketones (excluding diaryl/α,β-unsaturated/α-hetero) is 2. The van der Waals surface area contributed by atoms with Gasteiger partial charge in [-0.25, -0.2) is 0 Å². The molecule has 3 unspecified atom stereocenters. The van der Waals surface area contributed by atoms with Crippen molar-refractivity contribution in [2.75, 3.05) is 6.61 Å². The molecule has 0 saturated heterocycles. The van der Waals surface area contributed by atoms with Gasteiger partial charge in [0, 0.05) is 12.3 Å². The Morgan fingerprint density at radius 1 is 1.19 bits per heavy atom.